The minimum absolute atomic E-state index is 0.0337. The van der Waals surface area contributed by atoms with Crippen molar-refractivity contribution in [1.29, 1.82) is 0 Å². The Morgan fingerprint density at radius 2 is 1.84 bits per heavy atom. The van der Waals surface area contributed by atoms with Crippen molar-refractivity contribution >= 4 is 11.9 Å². The molecule has 1 fully saturated rings. The van der Waals surface area contributed by atoms with Crippen LogP contribution in [0.4, 0.5) is 11.9 Å². The average molecular weight is 419 g/mol. The number of aliphatic hydroxyl groups excluding tert-OH is 1. The number of fused-ring (bicyclic) bond motifs is 1. The molecule has 4 N–H and O–H groups in total. The maximum Gasteiger partial charge on any atom is 0.231 e. The van der Waals surface area contributed by atoms with Gasteiger partial charge in [0.15, 0.2) is 5.82 Å². The predicted octanol–water partition coefficient (Wildman–Crippen LogP) is 1.88. The molecule has 0 amide bonds. The molecule has 2 aliphatic rings. The van der Waals surface area contributed by atoms with Gasteiger partial charge in [-0.05, 0) is 36.1 Å². The number of rotatable bonds is 4. The smallest absolute Gasteiger partial charge is 0.231 e. The van der Waals surface area contributed by atoms with E-state index in [4.69, 9.17) is 20.7 Å². The van der Waals surface area contributed by atoms with Gasteiger partial charge in [0, 0.05) is 31.2 Å². The Labute approximate surface area is 181 Å². The lowest BCUT2D eigenvalue weighted by Gasteiger charge is -2.36. The SMILES string of the molecule is N[C@H]1CCN(c2nc(-c3cccc(O)c3)nc(N3CCc4ccccc4[C@@H]3CO)n2)C1. The quantitative estimate of drug-likeness (QED) is 0.589. The van der Waals surface area contributed by atoms with E-state index in [1.54, 1.807) is 18.2 Å². The number of aliphatic hydroxyl groups is 1. The lowest BCUT2D eigenvalue weighted by molar-refractivity contribution is 0.256. The molecule has 8 nitrogen and oxygen atoms in total. The van der Waals surface area contributed by atoms with Gasteiger partial charge in [-0.15, -0.1) is 0 Å². The minimum atomic E-state index is -0.224. The van der Waals surface area contributed by atoms with Crippen LogP contribution in [0.25, 0.3) is 11.4 Å². The molecule has 2 aromatic carbocycles. The predicted molar refractivity (Wildman–Crippen MR) is 119 cm³/mol. The van der Waals surface area contributed by atoms with Gasteiger partial charge in [-0.25, -0.2) is 0 Å². The number of nitrogens with two attached hydrogens (primary N) is 1. The zero-order valence-corrected chi connectivity index (χ0v) is 17.2. The maximum absolute atomic E-state index is 10.2. The molecular weight excluding hydrogens is 392 g/mol. The van der Waals surface area contributed by atoms with Crippen LogP contribution in [0.3, 0.4) is 0 Å². The maximum atomic E-state index is 10.2. The average Bonchev–Trinajstić information content (AvgIpc) is 3.24. The Balaban J connectivity index is 1.60. The fourth-order valence-electron chi connectivity index (χ4n) is 4.45. The highest BCUT2D eigenvalue weighted by molar-refractivity contribution is 5.61. The lowest BCUT2D eigenvalue weighted by Crippen LogP contribution is -2.39. The van der Waals surface area contributed by atoms with Crippen molar-refractivity contribution in [2.75, 3.05) is 36.0 Å². The van der Waals surface area contributed by atoms with E-state index in [1.807, 2.05) is 18.2 Å². The topological polar surface area (TPSA) is 112 Å². The molecule has 0 radical (unpaired) electrons. The summed E-state index contributed by atoms with van der Waals surface area (Å²) in [4.78, 5) is 18.4. The summed E-state index contributed by atoms with van der Waals surface area (Å²) in [6.07, 6.45) is 1.74. The van der Waals surface area contributed by atoms with E-state index in [1.165, 1.54) is 5.56 Å². The summed E-state index contributed by atoms with van der Waals surface area (Å²) in [5, 5.41) is 20.2. The Kier molecular flexibility index (Phi) is 5.17. The van der Waals surface area contributed by atoms with Crippen LogP contribution in [0.15, 0.2) is 48.5 Å². The third-order valence-electron chi connectivity index (χ3n) is 6.07. The monoisotopic (exact) mass is 418 g/mol. The van der Waals surface area contributed by atoms with E-state index in [0.29, 0.717) is 36.4 Å². The number of anilines is 2. The van der Waals surface area contributed by atoms with Gasteiger partial charge in [-0.2, -0.15) is 15.0 Å². The van der Waals surface area contributed by atoms with Crippen molar-refractivity contribution in [2.24, 2.45) is 5.73 Å². The van der Waals surface area contributed by atoms with E-state index in [-0.39, 0.29) is 24.4 Å². The van der Waals surface area contributed by atoms with Gasteiger partial charge in [-0.1, -0.05) is 36.4 Å². The third-order valence-corrected chi connectivity index (χ3v) is 6.07. The highest BCUT2D eigenvalue weighted by atomic mass is 16.3. The Morgan fingerprint density at radius 1 is 1.00 bits per heavy atom. The number of nitrogens with zero attached hydrogens (tertiary/aromatic N) is 5. The molecule has 160 valence electrons. The summed E-state index contributed by atoms with van der Waals surface area (Å²) in [6.45, 7) is 2.14. The van der Waals surface area contributed by atoms with E-state index < -0.39 is 0 Å². The van der Waals surface area contributed by atoms with E-state index in [0.717, 1.165) is 24.9 Å². The fourth-order valence-corrected chi connectivity index (χ4v) is 4.45. The second-order valence-electron chi connectivity index (χ2n) is 8.14. The molecule has 2 aliphatic heterocycles. The van der Waals surface area contributed by atoms with Crippen LogP contribution in [0.5, 0.6) is 5.75 Å². The highest BCUT2D eigenvalue weighted by Gasteiger charge is 2.30. The van der Waals surface area contributed by atoms with Gasteiger partial charge >= 0.3 is 0 Å². The second-order valence-corrected chi connectivity index (χ2v) is 8.14. The van der Waals surface area contributed by atoms with Crippen molar-refractivity contribution in [3.05, 3.63) is 59.7 Å². The van der Waals surface area contributed by atoms with Crippen LogP contribution in [0.1, 0.15) is 23.6 Å². The molecule has 0 unspecified atom stereocenters. The molecule has 1 saturated heterocycles. The number of benzene rings is 2. The summed E-state index contributed by atoms with van der Waals surface area (Å²) >= 11 is 0. The molecule has 0 spiro atoms. The summed E-state index contributed by atoms with van der Waals surface area (Å²) in [7, 11) is 0. The number of phenols is 1. The van der Waals surface area contributed by atoms with E-state index in [2.05, 4.69) is 21.9 Å². The molecule has 0 bridgehead atoms. The first-order valence-electron chi connectivity index (χ1n) is 10.6. The van der Waals surface area contributed by atoms with Gasteiger partial charge < -0.3 is 25.7 Å². The largest absolute Gasteiger partial charge is 0.508 e. The van der Waals surface area contributed by atoms with Crippen molar-refractivity contribution in [3.63, 3.8) is 0 Å². The van der Waals surface area contributed by atoms with Crippen LogP contribution >= 0.6 is 0 Å². The van der Waals surface area contributed by atoms with Gasteiger partial charge in [0.05, 0.1) is 12.6 Å². The molecule has 8 heteroatoms. The number of aromatic nitrogens is 3. The van der Waals surface area contributed by atoms with Crippen LogP contribution in [-0.2, 0) is 6.42 Å². The first-order valence-corrected chi connectivity index (χ1v) is 10.6. The number of hydrogen-bond acceptors (Lipinski definition) is 8. The van der Waals surface area contributed by atoms with Crippen LogP contribution in [-0.4, -0.2) is 57.4 Å². The van der Waals surface area contributed by atoms with Crippen LogP contribution < -0.4 is 15.5 Å². The molecular formula is C23H26N6O2. The molecule has 31 heavy (non-hydrogen) atoms. The van der Waals surface area contributed by atoms with Crippen molar-refractivity contribution in [2.45, 2.75) is 24.9 Å². The zero-order valence-electron chi connectivity index (χ0n) is 17.2. The molecule has 5 rings (SSSR count). The molecule has 1 aromatic heterocycles. The number of hydrogen-bond donors (Lipinski definition) is 3. The van der Waals surface area contributed by atoms with Crippen LogP contribution in [0.2, 0.25) is 0 Å². The number of aromatic hydroxyl groups is 1. The molecule has 0 saturated carbocycles. The standard InChI is InChI=1S/C23H26N6O2/c24-17-9-10-28(13-17)22-25-21(16-5-3-6-18(31)12-16)26-23(27-22)29-11-8-15-4-1-2-7-19(15)20(29)14-30/h1-7,12,17,20,30-31H,8-11,13-14,24H2/t17-,20-/m0/s1. The van der Waals surface area contributed by atoms with Crippen LogP contribution in [0, 0.1) is 0 Å². The van der Waals surface area contributed by atoms with Crippen molar-refractivity contribution < 1.29 is 10.2 Å². The highest BCUT2D eigenvalue weighted by Crippen LogP contribution is 2.34. The van der Waals surface area contributed by atoms with E-state index in [9.17, 15) is 10.2 Å². The summed E-state index contributed by atoms with van der Waals surface area (Å²) in [5.74, 6) is 1.75. The van der Waals surface area contributed by atoms with Gasteiger partial charge in [-0.3, -0.25) is 0 Å². The second kappa shape index (κ2) is 8.13. The molecule has 0 aliphatic carbocycles. The number of phenolic OH excluding ortho intramolecular Hbond substituents is 1. The zero-order chi connectivity index (χ0) is 21.4. The van der Waals surface area contributed by atoms with Gasteiger partial charge in [0.25, 0.3) is 0 Å². The summed E-state index contributed by atoms with van der Waals surface area (Å²) < 4.78 is 0. The Morgan fingerprint density at radius 3 is 2.61 bits per heavy atom. The molecule has 2 atom stereocenters. The summed E-state index contributed by atoms with van der Waals surface area (Å²) in [5.41, 5.74) is 9.17. The van der Waals surface area contributed by atoms with Gasteiger partial charge in [0.2, 0.25) is 11.9 Å². The lowest BCUT2D eigenvalue weighted by atomic mass is 9.93. The first kappa shape index (κ1) is 19.7. The van der Waals surface area contributed by atoms with Crippen molar-refractivity contribution in [3.8, 4) is 17.1 Å². The van der Waals surface area contributed by atoms with Gasteiger partial charge in [0.1, 0.15) is 5.75 Å². The van der Waals surface area contributed by atoms with Crippen molar-refractivity contribution in [1.82, 2.24) is 15.0 Å². The fraction of sp³-hybridized carbons (Fsp3) is 0.348. The Bertz CT molecular complexity index is 1090. The normalized spacial score (nSPS) is 20.7. The Hall–Kier alpha value is -3.23. The third kappa shape index (κ3) is 3.80. The molecule has 3 heterocycles. The summed E-state index contributed by atoms with van der Waals surface area (Å²) in [6, 6.07) is 15.0. The van der Waals surface area contributed by atoms with E-state index >= 15 is 0 Å². The molecule has 3 aromatic rings. The first-order chi connectivity index (χ1) is 15.1. The minimum Gasteiger partial charge on any atom is -0.508 e.